The fraction of sp³-hybridized carbons (Fsp3) is 0.533. The van der Waals surface area contributed by atoms with Gasteiger partial charge in [0, 0.05) is 27.9 Å². The number of anilines is 1. The topological polar surface area (TPSA) is 60.2 Å². The molecule has 0 radical (unpaired) electrons. The van der Waals surface area contributed by atoms with E-state index in [1.807, 2.05) is 18.2 Å². The lowest BCUT2D eigenvalue weighted by molar-refractivity contribution is 0.0977. The third-order valence-electron chi connectivity index (χ3n) is 7.00. The molecular formula is C30H41NO2. The summed E-state index contributed by atoms with van der Waals surface area (Å²) in [5.74, 6) is -0.0388. The number of carbonyl (C=O) groups excluding carboxylic acids is 2. The smallest absolute Gasteiger partial charge is 0.194 e. The normalized spacial score (nSPS) is 12.7. The number of nitrogens with two attached hydrogens (primary N) is 1. The molecule has 0 saturated heterocycles. The molecule has 2 N–H and O–H groups in total. The lowest BCUT2D eigenvalue weighted by atomic mass is 9.77. The van der Waals surface area contributed by atoms with Crippen LogP contribution in [0.5, 0.6) is 0 Å². The number of aryl methyl sites for hydroxylation is 1. The maximum atomic E-state index is 13.6. The minimum atomic E-state index is -0.0299. The van der Waals surface area contributed by atoms with Crippen molar-refractivity contribution in [3.05, 3.63) is 63.7 Å². The Balaban J connectivity index is 1.86. The van der Waals surface area contributed by atoms with E-state index in [-0.39, 0.29) is 11.6 Å². The third-order valence-corrected chi connectivity index (χ3v) is 7.00. The summed E-state index contributed by atoms with van der Waals surface area (Å²) in [7, 11) is 0. The van der Waals surface area contributed by atoms with Gasteiger partial charge in [0.1, 0.15) is 0 Å². The molecule has 0 amide bonds. The standard InChI is InChI=1S/C30H41NO2/c1-3-5-7-9-11-13-17-22-21-26(31)25(20-14-12-10-8-6-4-2)28-27(22)29(32)23-18-15-16-19-24(23)30(28)33/h15-16,18-19,21H,3-14,17,20,31H2,1-2H3. The number of hydrogen-bond donors (Lipinski definition) is 1. The van der Waals surface area contributed by atoms with Crippen molar-refractivity contribution in [3.63, 3.8) is 0 Å². The lowest BCUT2D eigenvalue weighted by Crippen LogP contribution is -2.25. The summed E-state index contributed by atoms with van der Waals surface area (Å²) in [6.45, 7) is 4.45. The lowest BCUT2D eigenvalue weighted by Gasteiger charge is -2.24. The summed E-state index contributed by atoms with van der Waals surface area (Å²) in [6, 6.07) is 9.25. The number of ketones is 2. The van der Waals surface area contributed by atoms with Crippen LogP contribution < -0.4 is 5.73 Å². The number of rotatable bonds is 14. The Morgan fingerprint density at radius 2 is 1.12 bits per heavy atom. The van der Waals surface area contributed by atoms with Crippen LogP contribution in [0.15, 0.2) is 30.3 Å². The van der Waals surface area contributed by atoms with E-state index in [0.29, 0.717) is 27.9 Å². The SMILES string of the molecule is CCCCCCCCc1cc(N)c(CCCCCCCC)c2c1C(=O)c1ccccc1C2=O. The van der Waals surface area contributed by atoms with Crippen molar-refractivity contribution in [2.45, 2.75) is 104 Å². The van der Waals surface area contributed by atoms with Gasteiger partial charge < -0.3 is 5.73 Å². The molecule has 3 heteroatoms. The fourth-order valence-electron chi connectivity index (χ4n) is 5.11. The van der Waals surface area contributed by atoms with Gasteiger partial charge in [0.2, 0.25) is 0 Å². The molecule has 0 spiro atoms. The maximum Gasteiger partial charge on any atom is 0.194 e. The van der Waals surface area contributed by atoms with E-state index < -0.39 is 0 Å². The van der Waals surface area contributed by atoms with Gasteiger partial charge in [-0.05, 0) is 42.9 Å². The molecule has 0 bridgehead atoms. The summed E-state index contributed by atoms with van der Waals surface area (Å²) in [4.78, 5) is 27.2. The molecule has 0 aliphatic heterocycles. The van der Waals surface area contributed by atoms with Gasteiger partial charge in [-0.25, -0.2) is 0 Å². The number of carbonyl (C=O) groups is 2. The van der Waals surface area contributed by atoms with Gasteiger partial charge in [0.15, 0.2) is 11.6 Å². The van der Waals surface area contributed by atoms with Crippen LogP contribution in [0, 0.1) is 0 Å². The predicted molar refractivity (Wildman–Crippen MR) is 138 cm³/mol. The number of fused-ring (bicyclic) bond motifs is 2. The summed E-state index contributed by atoms with van der Waals surface area (Å²) in [5, 5.41) is 0. The van der Waals surface area contributed by atoms with E-state index in [4.69, 9.17) is 5.73 Å². The van der Waals surface area contributed by atoms with Gasteiger partial charge in [-0.3, -0.25) is 9.59 Å². The zero-order valence-electron chi connectivity index (χ0n) is 20.7. The number of unbranched alkanes of at least 4 members (excludes halogenated alkanes) is 10. The van der Waals surface area contributed by atoms with E-state index in [2.05, 4.69) is 13.8 Å². The Bertz CT molecular complexity index is 960. The van der Waals surface area contributed by atoms with E-state index in [9.17, 15) is 9.59 Å². The first-order valence-corrected chi connectivity index (χ1v) is 13.2. The van der Waals surface area contributed by atoms with Crippen molar-refractivity contribution < 1.29 is 9.59 Å². The first-order chi connectivity index (χ1) is 16.1. The van der Waals surface area contributed by atoms with Gasteiger partial charge in [0.25, 0.3) is 0 Å². The Morgan fingerprint density at radius 1 is 0.636 bits per heavy atom. The molecule has 3 rings (SSSR count). The largest absolute Gasteiger partial charge is 0.398 e. The Labute approximate surface area is 200 Å². The zero-order chi connectivity index (χ0) is 23.6. The molecule has 0 atom stereocenters. The van der Waals surface area contributed by atoms with E-state index in [1.54, 1.807) is 12.1 Å². The quantitative estimate of drug-likeness (QED) is 0.202. The first-order valence-electron chi connectivity index (χ1n) is 13.2. The summed E-state index contributed by atoms with van der Waals surface area (Å²) in [5.41, 5.74) is 11.3. The van der Waals surface area contributed by atoms with Crippen molar-refractivity contribution in [1.82, 2.24) is 0 Å². The van der Waals surface area contributed by atoms with Crippen molar-refractivity contribution in [1.29, 1.82) is 0 Å². The second-order valence-corrected chi connectivity index (χ2v) is 9.59. The molecule has 0 heterocycles. The van der Waals surface area contributed by atoms with Crippen molar-refractivity contribution in [2.75, 3.05) is 5.73 Å². The molecule has 178 valence electrons. The number of benzene rings is 2. The van der Waals surface area contributed by atoms with E-state index >= 15 is 0 Å². The Kier molecular flexibility index (Phi) is 9.72. The van der Waals surface area contributed by atoms with Crippen LogP contribution in [-0.4, -0.2) is 11.6 Å². The van der Waals surface area contributed by atoms with Crippen LogP contribution in [-0.2, 0) is 12.8 Å². The molecule has 0 fully saturated rings. The highest BCUT2D eigenvalue weighted by Gasteiger charge is 2.34. The van der Waals surface area contributed by atoms with Gasteiger partial charge in [-0.1, -0.05) is 102 Å². The predicted octanol–water partition coefficient (Wildman–Crippen LogP) is 7.85. The van der Waals surface area contributed by atoms with E-state index in [0.717, 1.165) is 49.7 Å². The molecule has 1 aliphatic carbocycles. The van der Waals surface area contributed by atoms with Crippen LogP contribution in [0.1, 0.15) is 134 Å². The van der Waals surface area contributed by atoms with Crippen LogP contribution >= 0.6 is 0 Å². The highest BCUT2D eigenvalue weighted by atomic mass is 16.1. The van der Waals surface area contributed by atoms with Crippen LogP contribution in [0.2, 0.25) is 0 Å². The molecule has 0 saturated carbocycles. The molecule has 33 heavy (non-hydrogen) atoms. The van der Waals surface area contributed by atoms with Gasteiger partial charge in [-0.2, -0.15) is 0 Å². The zero-order valence-corrected chi connectivity index (χ0v) is 20.7. The molecule has 0 aromatic heterocycles. The van der Waals surface area contributed by atoms with Crippen LogP contribution in [0.4, 0.5) is 5.69 Å². The number of nitrogen functional groups attached to an aromatic ring is 1. The Hall–Kier alpha value is -2.42. The first kappa shape index (κ1) is 25.2. The molecule has 2 aromatic rings. The summed E-state index contributed by atoms with van der Waals surface area (Å²) in [6.07, 6.45) is 15.8. The van der Waals surface area contributed by atoms with Crippen LogP contribution in [0.3, 0.4) is 0 Å². The number of hydrogen-bond acceptors (Lipinski definition) is 3. The molecule has 2 aromatic carbocycles. The average Bonchev–Trinajstić information content (AvgIpc) is 2.82. The average molecular weight is 448 g/mol. The molecule has 0 unspecified atom stereocenters. The maximum absolute atomic E-state index is 13.6. The minimum absolute atomic E-state index is 0.00891. The summed E-state index contributed by atoms with van der Waals surface area (Å²) < 4.78 is 0. The molecule has 3 nitrogen and oxygen atoms in total. The van der Waals surface area contributed by atoms with Gasteiger partial charge in [0.05, 0.1) is 0 Å². The van der Waals surface area contributed by atoms with Gasteiger partial charge in [-0.15, -0.1) is 0 Å². The van der Waals surface area contributed by atoms with Crippen molar-refractivity contribution >= 4 is 17.3 Å². The fourth-order valence-corrected chi connectivity index (χ4v) is 5.11. The van der Waals surface area contributed by atoms with E-state index in [1.165, 1.54) is 51.4 Å². The van der Waals surface area contributed by atoms with Gasteiger partial charge >= 0.3 is 0 Å². The highest BCUT2D eigenvalue weighted by Crippen LogP contribution is 2.36. The monoisotopic (exact) mass is 447 g/mol. The molecular weight excluding hydrogens is 406 g/mol. The van der Waals surface area contributed by atoms with Crippen molar-refractivity contribution in [2.24, 2.45) is 0 Å². The molecule has 1 aliphatic rings. The highest BCUT2D eigenvalue weighted by molar-refractivity contribution is 6.29. The van der Waals surface area contributed by atoms with Crippen LogP contribution in [0.25, 0.3) is 0 Å². The Morgan fingerprint density at radius 3 is 1.70 bits per heavy atom. The summed E-state index contributed by atoms with van der Waals surface area (Å²) >= 11 is 0. The second-order valence-electron chi connectivity index (χ2n) is 9.59. The van der Waals surface area contributed by atoms with Crippen molar-refractivity contribution in [3.8, 4) is 0 Å². The minimum Gasteiger partial charge on any atom is -0.398 e. The third kappa shape index (κ3) is 6.13. The second kappa shape index (κ2) is 12.7.